The zero-order chi connectivity index (χ0) is 28.9. The zero-order valence-corrected chi connectivity index (χ0v) is 23.4. The molecular formula is C31H23Cl2N3O5. The summed E-state index contributed by atoms with van der Waals surface area (Å²) in [6.07, 6.45) is 1.44. The van der Waals surface area contributed by atoms with Crippen LogP contribution in [0.2, 0.25) is 10.0 Å². The molecule has 5 rings (SSSR count). The Bertz CT molecular complexity index is 1780. The Morgan fingerprint density at radius 3 is 2.34 bits per heavy atom. The predicted octanol–water partition coefficient (Wildman–Crippen LogP) is 7.14. The number of aromatic amines is 1. The number of halogens is 2. The average molecular weight is 588 g/mol. The second kappa shape index (κ2) is 12.2. The third kappa shape index (κ3) is 5.89. The number of hydrazone groups is 1. The van der Waals surface area contributed by atoms with Crippen LogP contribution in [0.4, 0.5) is 0 Å². The number of fused-ring (bicyclic) bond motifs is 1. The number of nitrogens with one attached hydrogen (secondary N) is 2. The van der Waals surface area contributed by atoms with E-state index in [1.54, 1.807) is 61.7 Å². The summed E-state index contributed by atoms with van der Waals surface area (Å²) < 4.78 is 16.0. The Balaban J connectivity index is 1.35. The van der Waals surface area contributed by atoms with Crippen molar-refractivity contribution in [1.29, 1.82) is 0 Å². The fraction of sp³-hybridized carbons (Fsp3) is 0.0645. The highest BCUT2D eigenvalue weighted by Crippen LogP contribution is 2.38. The number of para-hydroxylation sites is 1. The Hall–Kier alpha value is -4.79. The second-order valence-electron chi connectivity index (χ2n) is 8.74. The highest BCUT2D eigenvalue weighted by Gasteiger charge is 2.22. The minimum atomic E-state index is -0.549. The van der Waals surface area contributed by atoms with Crippen LogP contribution in [-0.2, 0) is 0 Å². The molecule has 5 aromatic rings. The van der Waals surface area contributed by atoms with Crippen LogP contribution >= 0.6 is 23.2 Å². The van der Waals surface area contributed by atoms with Crippen molar-refractivity contribution in [2.75, 3.05) is 14.2 Å². The van der Waals surface area contributed by atoms with Crippen LogP contribution < -0.4 is 19.6 Å². The highest BCUT2D eigenvalue weighted by molar-refractivity contribution is 6.37. The van der Waals surface area contributed by atoms with Crippen LogP contribution in [0.15, 0.2) is 90.0 Å². The minimum Gasteiger partial charge on any atom is -0.497 e. The topological polar surface area (TPSA) is 102 Å². The van der Waals surface area contributed by atoms with Crippen LogP contribution in [-0.4, -0.2) is 37.3 Å². The molecule has 0 fully saturated rings. The van der Waals surface area contributed by atoms with Gasteiger partial charge in [-0.3, -0.25) is 4.79 Å². The molecule has 1 amide bonds. The molecule has 0 atom stereocenters. The molecule has 0 aliphatic carbocycles. The summed E-state index contributed by atoms with van der Waals surface area (Å²) in [4.78, 5) is 29.0. The van der Waals surface area contributed by atoms with Gasteiger partial charge in [0.25, 0.3) is 5.91 Å². The average Bonchev–Trinajstić information content (AvgIpc) is 3.39. The SMILES string of the molecule is COc1ccc(C(=O)Oc2ccc(C=NNC(=O)c3[nH]c4c(Cl)cccc4c3-c3ccccc3Cl)cc2OC)cc1. The van der Waals surface area contributed by atoms with Gasteiger partial charge in [-0.15, -0.1) is 0 Å². The molecule has 0 bridgehead atoms. The molecule has 0 saturated carbocycles. The molecule has 0 spiro atoms. The molecule has 0 saturated heterocycles. The van der Waals surface area contributed by atoms with Gasteiger partial charge < -0.3 is 19.2 Å². The van der Waals surface area contributed by atoms with Crippen molar-refractivity contribution < 1.29 is 23.8 Å². The first kappa shape index (κ1) is 27.8. The van der Waals surface area contributed by atoms with Gasteiger partial charge in [0.1, 0.15) is 11.4 Å². The number of methoxy groups -OCH3 is 2. The van der Waals surface area contributed by atoms with Crippen LogP contribution in [0.1, 0.15) is 26.4 Å². The summed E-state index contributed by atoms with van der Waals surface area (Å²) in [6, 6.07) is 24.1. The number of H-pyrrole nitrogens is 1. The highest BCUT2D eigenvalue weighted by atomic mass is 35.5. The van der Waals surface area contributed by atoms with Gasteiger partial charge >= 0.3 is 5.97 Å². The largest absolute Gasteiger partial charge is 0.497 e. The Morgan fingerprint density at radius 2 is 1.61 bits per heavy atom. The molecule has 2 N–H and O–H groups in total. The molecule has 8 nitrogen and oxygen atoms in total. The number of carbonyl (C=O) groups excluding carboxylic acids is 2. The molecule has 10 heteroatoms. The maximum absolute atomic E-state index is 13.3. The fourth-order valence-electron chi connectivity index (χ4n) is 4.25. The van der Waals surface area contributed by atoms with Crippen molar-refractivity contribution in [2.45, 2.75) is 0 Å². The van der Waals surface area contributed by atoms with Gasteiger partial charge in [-0.05, 0) is 60.2 Å². The van der Waals surface area contributed by atoms with Crippen molar-refractivity contribution in [3.05, 3.63) is 112 Å². The number of ether oxygens (including phenoxy) is 3. The normalized spacial score (nSPS) is 11.0. The van der Waals surface area contributed by atoms with Crippen molar-refractivity contribution in [2.24, 2.45) is 5.10 Å². The van der Waals surface area contributed by atoms with Gasteiger partial charge in [-0.2, -0.15) is 5.10 Å². The number of benzene rings is 4. The number of carbonyl (C=O) groups is 2. The maximum Gasteiger partial charge on any atom is 0.343 e. The Morgan fingerprint density at radius 1 is 0.854 bits per heavy atom. The second-order valence-corrected chi connectivity index (χ2v) is 9.56. The van der Waals surface area contributed by atoms with E-state index >= 15 is 0 Å². The number of hydrogen-bond donors (Lipinski definition) is 2. The van der Waals surface area contributed by atoms with Crippen LogP contribution in [0.3, 0.4) is 0 Å². The zero-order valence-electron chi connectivity index (χ0n) is 21.9. The Labute approximate surface area is 245 Å². The molecule has 0 aliphatic rings. The van der Waals surface area contributed by atoms with Gasteiger partial charge in [0.15, 0.2) is 11.5 Å². The third-order valence-electron chi connectivity index (χ3n) is 6.25. The lowest BCUT2D eigenvalue weighted by atomic mass is 10.0. The smallest absolute Gasteiger partial charge is 0.343 e. The van der Waals surface area contributed by atoms with Gasteiger partial charge in [0.05, 0.1) is 36.5 Å². The van der Waals surface area contributed by atoms with E-state index in [9.17, 15) is 9.59 Å². The molecule has 206 valence electrons. The summed E-state index contributed by atoms with van der Waals surface area (Å²) in [6.45, 7) is 0. The summed E-state index contributed by atoms with van der Waals surface area (Å²) in [5.74, 6) is 0.137. The van der Waals surface area contributed by atoms with E-state index in [0.29, 0.717) is 49.3 Å². The minimum absolute atomic E-state index is 0.230. The summed E-state index contributed by atoms with van der Waals surface area (Å²) >= 11 is 12.9. The first-order valence-electron chi connectivity index (χ1n) is 12.3. The summed E-state index contributed by atoms with van der Waals surface area (Å²) in [5.41, 5.74) is 5.67. The first-order chi connectivity index (χ1) is 19.9. The quantitative estimate of drug-likeness (QED) is 0.0869. The monoisotopic (exact) mass is 587 g/mol. The van der Waals surface area contributed by atoms with E-state index in [0.717, 1.165) is 5.39 Å². The van der Waals surface area contributed by atoms with Crippen molar-refractivity contribution >= 4 is 52.2 Å². The predicted molar refractivity (Wildman–Crippen MR) is 160 cm³/mol. The van der Waals surface area contributed by atoms with E-state index in [-0.39, 0.29) is 11.4 Å². The lowest BCUT2D eigenvalue weighted by Gasteiger charge is -2.10. The van der Waals surface area contributed by atoms with E-state index in [1.807, 2.05) is 30.3 Å². The van der Waals surface area contributed by atoms with E-state index < -0.39 is 11.9 Å². The van der Waals surface area contributed by atoms with Crippen molar-refractivity contribution in [3.8, 4) is 28.4 Å². The molecule has 0 radical (unpaired) electrons. The van der Waals surface area contributed by atoms with Crippen molar-refractivity contribution in [1.82, 2.24) is 10.4 Å². The third-order valence-corrected chi connectivity index (χ3v) is 6.89. The van der Waals surface area contributed by atoms with Crippen LogP contribution in [0, 0.1) is 0 Å². The maximum atomic E-state index is 13.3. The summed E-state index contributed by atoms with van der Waals surface area (Å²) in [7, 11) is 3.00. The number of rotatable bonds is 8. The van der Waals surface area contributed by atoms with Gasteiger partial charge in [0, 0.05) is 21.5 Å². The first-order valence-corrected chi connectivity index (χ1v) is 13.1. The summed E-state index contributed by atoms with van der Waals surface area (Å²) in [5, 5.41) is 5.83. The van der Waals surface area contributed by atoms with Crippen LogP contribution in [0.5, 0.6) is 17.2 Å². The van der Waals surface area contributed by atoms with E-state index in [2.05, 4.69) is 15.5 Å². The van der Waals surface area contributed by atoms with Gasteiger partial charge in [0.2, 0.25) is 0 Å². The van der Waals surface area contributed by atoms with Crippen LogP contribution in [0.25, 0.3) is 22.0 Å². The molecule has 0 aliphatic heterocycles. The van der Waals surface area contributed by atoms with E-state index in [1.165, 1.54) is 13.3 Å². The number of esters is 1. The number of amides is 1. The lowest BCUT2D eigenvalue weighted by molar-refractivity contribution is 0.0729. The molecule has 1 aromatic heterocycles. The number of aromatic nitrogens is 1. The molecule has 4 aromatic carbocycles. The van der Waals surface area contributed by atoms with Gasteiger partial charge in [-0.25, -0.2) is 10.2 Å². The number of nitrogens with zero attached hydrogens (tertiary/aromatic N) is 1. The fourth-order valence-corrected chi connectivity index (χ4v) is 4.70. The van der Waals surface area contributed by atoms with E-state index in [4.69, 9.17) is 37.4 Å². The molecule has 41 heavy (non-hydrogen) atoms. The Kier molecular flexibility index (Phi) is 8.24. The standard InChI is InChI=1S/C31H23Cl2N3O5/c1-39-20-13-11-19(12-14-20)31(38)41-25-15-10-18(16-26(25)40-2)17-34-36-30(37)29-27(21-6-3-4-8-23(21)32)22-7-5-9-24(33)28(22)35-29/h3-17,35H,1-2H3,(H,36,37). The molecular weight excluding hydrogens is 565 g/mol. The van der Waals surface area contributed by atoms with Gasteiger partial charge in [-0.1, -0.05) is 53.5 Å². The molecule has 0 unspecified atom stereocenters. The van der Waals surface area contributed by atoms with Crippen molar-refractivity contribution in [3.63, 3.8) is 0 Å². The lowest BCUT2D eigenvalue weighted by Crippen LogP contribution is -2.19. The number of hydrogen-bond acceptors (Lipinski definition) is 6. The molecule has 1 heterocycles.